The third-order valence-electron chi connectivity index (χ3n) is 3.71. The first kappa shape index (κ1) is 17.2. The summed E-state index contributed by atoms with van der Waals surface area (Å²) in [6, 6.07) is 12.4. The van der Waals surface area contributed by atoms with Crippen LogP contribution in [0.1, 0.15) is 5.56 Å². The summed E-state index contributed by atoms with van der Waals surface area (Å²) in [5, 5.41) is 21.9. The molecule has 10 nitrogen and oxygen atoms in total. The van der Waals surface area contributed by atoms with Crippen LogP contribution in [0.25, 0.3) is 11.5 Å². The fourth-order valence-electron chi connectivity index (χ4n) is 2.54. The molecule has 0 aliphatic rings. The lowest BCUT2D eigenvalue weighted by Gasteiger charge is -2.07. The standard InChI is InChI=1S/C18H15N7O3/c26-16(27)8-11-3-1-4-12(7-11)21-17-19-10-20-18(23-17)22-15-9-13(24-25-15)14-5-2-6-28-14/h1-7,9-10H,8H2,(H,26,27)(H3,19,20,21,22,23,24,25). The Balaban J connectivity index is 1.47. The molecule has 0 aliphatic carbocycles. The van der Waals surface area contributed by atoms with Gasteiger partial charge in [0.15, 0.2) is 11.6 Å². The van der Waals surface area contributed by atoms with Crippen LogP contribution in [-0.4, -0.2) is 36.2 Å². The fourth-order valence-corrected chi connectivity index (χ4v) is 2.54. The van der Waals surface area contributed by atoms with Crippen LogP contribution in [0.15, 0.2) is 59.5 Å². The van der Waals surface area contributed by atoms with Crippen molar-refractivity contribution in [3.63, 3.8) is 0 Å². The Morgan fingerprint density at radius 3 is 2.75 bits per heavy atom. The molecule has 0 atom stereocenters. The molecule has 0 saturated heterocycles. The normalized spacial score (nSPS) is 10.6. The average molecular weight is 377 g/mol. The van der Waals surface area contributed by atoms with Crippen LogP contribution < -0.4 is 10.6 Å². The van der Waals surface area contributed by atoms with Crippen LogP contribution in [0.5, 0.6) is 0 Å². The Hall–Kier alpha value is -4.21. The van der Waals surface area contributed by atoms with Crippen molar-refractivity contribution in [3.8, 4) is 11.5 Å². The van der Waals surface area contributed by atoms with E-state index in [-0.39, 0.29) is 6.42 Å². The highest BCUT2D eigenvalue weighted by molar-refractivity contribution is 5.71. The molecule has 4 rings (SSSR count). The number of aromatic nitrogens is 5. The number of nitrogens with zero attached hydrogens (tertiary/aromatic N) is 4. The number of carboxylic acids is 1. The summed E-state index contributed by atoms with van der Waals surface area (Å²) in [7, 11) is 0. The van der Waals surface area contributed by atoms with E-state index in [2.05, 4.69) is 35.8 Å². The molecule has 4 aromatic rings. The zero-order chi connectivity index (χ0) is 19.3. The van der Waals surface area contributed by atoms with Gasteiger partial charge in [0.2, 0.25) is 11.9 Å². The van der Waals surface area contributed by atoms with Crippen molar-refractivity contribution in [2.45, 2.75) is 6.42 Å². The molecule has 28 heavy (non-hydrogen) atoms. The van der Waals surface area contributed by atoms with Crippen molar-refractivity contribution in [3.05, 3.63) is 60.6 Å². The molecule has 0 amide bonds. The minimum absolute atomic E-state index is 0.0588. The monoisotopic (exact) mass is 377 g/mol. The summed E-state index contributed by atoms with van der Waals surface area (Å²) < 4.78 is 5.32. The Morgan fingerprint density at radius 2 is 1.96 bits per heavy atom. The molecular formula is C18H15N7O3. The van der Waals surface area contributed by atoms with Crippen LogP contribution in [0, 0.1) is 0 Å². The number of carbonyl (C=O) groups is 1. The molecular weight excluding hydrogens is 362 g/mol. The van der Waals surface area contributed by atoms with Crippen LogP contribution >= 0.6 is 0 Å². The van der Waals surface area contributed by atoms with E-state index in [1.807, 2.05) is 6.07 Å². The molecule has 0 radical (unpaired) electrons. The highest BCUT2D eigenvalue weighted by atomic mass is 16.4. The van der Waals surface area contributed by atoms with Crippen molar-refractivity contribution < 1.29 is 14.3 Å². The number of anilines is 4. The predicted octanol–water partition coefficient (Wildman–Crippen LogP) is 2.97. The number of hydrogen-bond donors (Lipinski definition) is 4. The quantitative estimate of drug-likeness (QED) is 0.382. The molecule has 0 bridgehead atoms. The second kappa shape index (κ2) is 7.58. The molecule has 0 unspecified atom stereocenters. The van der Waals surface area contributed by atoms with E-state index in [1.54, 1.807) is 42.7 Å². The number of nitrogens with one attached hydrogen (secondary N) is 3. The molecule has 140 valence electrons. The van der Waals surface area contributed by atoms with Gasteiger partial charge in [0.1, 0.15) is 12.0 Å². The predicted molar refractivity (Wildman–Crippen MR) is 100 cm³/mol. The first-order valence-corrected chi connectivity index (χ1v) is 8.29. The maximum Gasteiger partial charge on any atom is 0.307 e. The van der Waals surface area contributed by atoms with Crippen LogP contribution in [-0.2, 0) is 11.2 Å². The molecule has 0 fully saturated rings. The second-order valence-corrected chi connectivity index (χ2v) is 5.80. The lowest BCUT2D eigenvalue weighted by molar-refractivity contribution is -0.136. The van der Waals surface area contributed by atoms with Crippen molar-refractivity contribution in [1.29, 1.82) is 0 Å². The lowest BCUT2D eigenvalue weighted by Crippen LogP contribution is -2.04. The van der Waals surface area contributed by atoms with E-state index in [0.717, 1.165) is 5.69 Å². The van der Waals surface area contributed by atoms with E-state index >= 15 is 0 Å². The molecule has 3 heterocycles. The van der Waals surface area contributed by atoms with Gasteiger partial charge in [-0.05, 0) is 29.8 Å². The van der Waals surface area contributed by atoms with Gasteiger partial charge in [-0.2, -0.15) is 10.1 Å². The highest BCUT2D eigenvalue weighted by Gasteiger charge is 2.08. The topological polar surface area (TPSA) is 142 Å². The van der Waals surface area contributed by atoms with E-state index < -0.39 is 5.97 Å². The number of carboxylic acid groups (broad SMARTS) is 1. The zero-order valence-electron chi connectivity index (χ0n) is 14.5. The third kappa shape index (κ3) is 4.12. The number of rotatable bonds is 7. The van der Waals surface area contributed by atoms with Crippen molar-refractivity contribution in [2.75, 3.05) is 10.6 Å². The number of aromatic amines is 1. The number of H-pyrrole nitrogens is 1. The maximum atomic E-state index is 10.9. The molecule has 10 heteroatoms. The van der Waals surface area contributed by atoms with E-state index in [9.17, 15) is 4.79 Å². The van der Waals surface area contributed by atoms with Gasteiger partial charge >= 0.3 is 5.97 Å². The summed E-state index contributed by atoms with van der Waals surface area (Å²) in [6.07, 6.45) is 2.88. The van der Waals surface area contributed by atoms with Gasteiger partial charge in [0, 0.05) is 11.8 Å². The first-order chi connectivity index (χ1) is 13.7. The summed E-state index contributed by atoms with van der Waals surface area (Å²) >= 11 is 0. The Bertz CT molecular complexity index is 1090. The van der Waals surface area contributed by atoms with E-state index in [1.165, 1.54) is 6.33 Å². The Morgan fingerprint density at radius 1 is 1.11 bits per heavy atom. The van der Waals surface area contributed by atoms with Gasteiger partial charge < -0.3 is 20.2 Å². The summed E-state index contributed by atoms with van der Waals surface area (Å²) in [5.41, 5.74) is 2.07. The van der Waals surface area contributed by atoms with Gasteiger partial charge in [-0.15, -0.1) is 0 Å². The minimum Gasteiger partial charge on any atom is -0.481 e. The zero-order valence-corrected chi connectivity index (χ0v) is 14.5. The highest BCUT2D eigenvalue weighted by Crippen LogP contribution is 2.21. The lowest BCUT2D eigenvalue weighted by atomic mass is 10.1. The average Bonchev–Trinajstić information content (AvgIpc) is 3.33. The number of aliphatic carboxylic acids is 1. The van der Waals surface area contributed by atoms with Gasteiger partial charge in [0.25, 0.3) is 0 Å². The summed E-state index contributed by atoms with van der Waals surface area (Å²) in [4.78, 5) is 23.3. The minimum atomic E-state index is -0.892. The molecule has 0 aliphatic heterocycles. The van der Waals surface area contributed by atoms with E-state index in [0.29, 0.717) is 34.7 Å². The number of hydrogen-bond acceptors (Lipinski definition) is 8. The van der Waals surface area contributed by atoms with Gasteiger partial charge in [0.05, 0.1) is 12.7 Å². The number of benzene rings is 1. The first-order valence-electron chi connectivity index (χ1n) is 8.29. The number of furan rings is 1. The molecule has 1 aromatic carbocycles. The van der Waals surface area contributed by atoms with Gasteiger partial charge in [-0.25, -0.2) is 9.97 Å². The van der Waals surface area contributed by atoms with Crippen LogP contribution in [0.2, 0.25) is 0 Å². The second-order valence-electron chi connectivity index (χ2n) is 5.80. The molecule has 0 saturated carbocycles. The maximum absolute atomic E-state index is 10.9. The molecule has 0 spiro atoms. The fraction of sp³-hybridized carbons (Fsp3) is 0.0556. The van der Waals surface area contributed by atoms with Crippen molar-refractivity contribution >= 4 is 29.4 Å². The van der Waals surface area contributed by atoms with E-state index in [4.69, 9.17) is 9.52 Å². The van der Waals surface area contributed by atoms with Crippen LogP contribution in [0.3, 0.4) is 0 Å². The summed E-state index contributed by atoms with van der Waals surface area (Å²) in [5.74, 6) is 0.909. The van der Waals surface area contributed by atoms with Crippen LogP contribution in [0.4, 0.5) is 23.4 Å². The smallest absolute Gasteiger partial charge is 0.307 e. The third-order valence-corrected chi connectivity index (χ3v) is 3.71. The summed E-state index contributed by atoms with van der Waals surface area (Å²) in [6.45, 7) is 0. The largest absolute Gasteiger partial charge is 0.481 e. The SMILES string of the molecule is O=C(O)Cc1cccc(Nc2ncnc(Nc3cc(-c4ccco4)[nH]n3)n2)c1. The Labute approximate surface area is 158 Å². The Kier molecular flexibility index (Phi) is 4.66. The van der Waals surface area contributed by atoms with Gasteiger partial charge in [-0.1, -0.05) is 12.1 Å². The van der Waals surface area contributed by atoms with Crippen molar-refractivity contribution in [1.82, 2.24) is 25.1 Å². The van der Waals surface area contributed by atoms with Crippen molar-refractivity contribution in [2.24, 2.45) is 0 Å². The molecule has 3 aromatic heterocycles. The van der Waals surface area contributed by atoms with Gasteiger partial charge in [-0.3, -0.25) is 9.89 Å². The molecule has 4 N–H and O–H groups in total.